The molecule has 1 aromatic carbocycles. The molecule has 0 fully saturated rings. The highest BCUT2D eigenvalue weighted by Gasteiger charge is 2.08. The van der Waals surface area contributed by atoms with Gasteiger partial charge in [-0.25, -0.2) is 4.98 Å². The number of nitrogen functional groups attached to an aromatic ring is 1. The van der Waals surface area contributed by atoms with Crippen LogP contribution in [0.5, 0.6) is 0 Å². The summed E-state index contributed by atoms with van der Waals surface area (Å²) in [5, 5.41) is 7.65. The second-order valence-electron chi connectivity index (χ2n) is 3.34. The molecule has 3 N–H and O–H groups in total. The van der Waals surface area contributed by atoms with Crippen molar-refractivity contribution in [2.24, 2.45) is 0 Å². The van der Waals surface area contributed by atoms with Crippen LogP contribution in [0.4, 0.5) is 5.82 Å². The van der Waals surface area contributed by atoms with E-state index in [-0.39, 0.29) is 0 Å². The van der Waals surface area contributed by atoms with Gasteiger partial charge in [-0.3, -0.25) is 5.10 Å². The molecule has 0 aliphatic heterocycles. The lowest BCUT2D eigenvalue weighted by molar-refractivity contribution is 1.10. The van der Waals surface area contributed by atoms with Crippen LogP contribution in [0.25, 0.3) is 20.9 Å². The molecule has 0 spiro atoms. The first-order valence-corrected chi connectivity index (χ1v) is 6.21. The predicted octanol–water partition coefficient (Wildman–Crippen LogP) is 3.03. The SMILES string of the molecule is Nc1cc(-c2nc3ccc(Br)cc3s2)[nH]n1. The number of thiazole rings is 1. The van der Waals surface area contributed by atoms with Crippen molar-refractivity contribution in [1.82, 2.24) is 15.2 Å². The van der Waals surface area contributed by atoms with Crippen molar-refractivity contribution in [3.05, 3.63) is 28.7 Å². The maximum absolute atomic E-state index is 5.56. The lowest BCUT2D eigenvalue weighted by Crippen LogP contribution is -1.81. The van der Waals surface area contributed by atoms with Crippen LogP contribution in [0.3, 0.4) is 0 Å². The van der Waals surface area contributed by atoms with Crippen LogP contribution < -0.4 is 5.73 Å². The molecule has 3 aromatic rings. The molecule has 16 heavy (non-hydrogen) atoms. The Kier molecular flexibility index (Phi) is 2.19. The van der Waals surface area contributed by atoms with E-state index in [1.165, 1.54) is 0 Å². The number of hydrogen-bond acceptors (Lipinski definition) is 4. The van der Waals surface area contributed by atoms with Crippen molar-refractivity contribution in [2.45, 2.75) is 0 Å². The molecule has 0 aliphatic carbocycles. The number of benzene rings is 1. The van der Waals surface area contributed by atoms with E-state index in [9.17, 15) is 0 Å². The molecular weight excluding hydrogens is 288 g/mol. The Hall–Kier alpha value is -1.40. The number of nitrogens with one attached hydrogen (secondary N) is 1. The molecule has 80 valence electrons. The average molecular weight is 295 g/mol. The first-order chi connectivity index (χ1) is 7.72. The van der Waals surface area contributed by atoms with Gasteiger partial charge in [0.1, 0.15) is 10.8 Å². The molecular formula is C10H7BrN4S. The van der Waals surface area contributed by atoms with Crippen molar-refractivity contribution >= 4 is 43.3 Å². The molecule has 2 heterocycles. The summed E-state index contributed by atoms with van der Waals surface area (Å²) in [6, 6.07) is 7.80. The van der Waals surface area contributed by atoms with Gasteiger partial charge in [-0.05, 0) is 18.2 Å². The molecule has 0 aliphatic rings. The third-order valence-corrected chi connectivity index (χ3v) is 3.72. The quantitative estimate of drug-likeness (QED) is 0.725. The highest BCUT2D eigenvalue weighted by molar-refractivity contribution is 9.10. The Balaban J connectivity index is 2.18. The summed E-state index contributed by atoms with van der Waals surface area (Å²) in [4.78, 5) is 4.51. The number of aromatic nitrogens is 3. The lowest BCUT2D eigenvalue weighted by Gasteiger charge is -1.86. The van der Waals surface area contributed by atoms with Crippen LogP contribution in [0.2, 0.25) is 0 Å². The zero-order valence-electron chi connectivity index (χ0n) is 8.07. The van der Waals surface area contributed by atoms with Gasteiger partial charge in [-0.2, -0.15) is 5.10 Å². The minimum atomic E-state index is 0.482. The van der Waals surface area contributed by atoms with Crippen molar-refractivity contribution in [2.75, 3.05) is 5.73 Å². The van der Waals surface area contributed by atoms with Crippen LogP contribution >= 0.6 is 27.3 Å². The van der Waals surface area contributed by atoms with E-state index in [2.05, 4.69) is 37.2 Å². The van der Waals surface area contributed by atoms with Crippen molar-refractivity contribution in [1.29, 1.82) is 0 Å². The Morgan fingerprint density at radius 2 is 2.19 bits per heavy atom. The van der Waals surface area contributed by atoms with Gasteiger partial charge in [0.25, 0.3) is 0 Å². The number of rotatable bonds is 1. The van der Waals surface area contributed by atoms with E-state index < -0.39 is 0 Å². The second-order valence-corrected chi connectivity index (χ2v) is 5.28. The smallest absolute Gasteiger partial charge is 0.145 e. The van der Waals surface area contributed by atoms with E-state index in [0.29, 0.717) is 5.82 Å². The zero-order valence-corrected chi connectivity index (χ0v) is 10.5. The molecule has 0 amide bonds. The van der Waals surface area contributed by atoms with Crippen LogP contribution in [-0.4, -0.2) is 15.2 Å². The third-order valence-electron chi connectivity index (χ3n) is 2.18. The predicted molar refractivity (Wildman–Crippen MR) is 69.3 cm³/mol. The number of nitrogens with two attached hydrogens (primary N) is 1. The Morgan fingerprint density at radius 1 is 1.31 bits per heavy atom. The zero-order chi connectivity index (χ0) is 11.1. The standard InChI is InChI=1S/C10H7BrN4S/c11-5-1-2-6-8(3-5)16-10(13-6)7-4-9(12)15-14-7/h1-4H,(H3,12,14,15). The fourth-order valence-electron chi connectivity index (χ4n) is 1.46. The molecule has 0 saturated heterocycles. The molecule has 0 radical (unpaired) electrons. The van der Waals surface area contributed by atoms with Crippen LogP contribution in [0.1, 0.15) is 0 Å². The summed E-state index contributed by atoms with van der Waals surface area (Å²) >= 11 is 5.05. The van der Waals surface area contributed by atoms with Gasteiger partial charge in [-0.15, -0.1) is 11.3 Å². The van der Waals surface area contributed by atoms with Crippen LogP contribution in [0, 0.1) is 0 Å². The number of halogens is 1. The summed E-state index contributed by atoms with van der Waals surface area (Å²) in [5.74, 6) is 0.482. The van der Waals surface area contributed by atoms with Crippen LogP contribution in [-0.2, 0) is 0 Å². The van der Waals surface area contributed by atoms with E-state index in [4.69, 9.17) is 5.73 Å². The summed E-state index contributed by atoms with van der Waals surface area (Å²) in [6.45, 7) is 0. The molecule has 6 heteroatoms. The lowest BCUT2D eigenvalue weighted by atomic mass is 10.3. The van der Waals surface area contributed by atoms with Gasteiger partial charge in [0, 0.05) is 10.5 Å². The Bertz CT molecular complexity index is 658. The van der Waals surface area contributed by atoms with Gasteiger partial charge in [0.2, 0.25) is 0 Å². The summed E-state index contributed by atoms with van der Waals surface area (Å²) < 4.78 is 2.19. The first kappa shape index (κ1) is 9.80. The largest absolute Gasteiger partial charge is 0.382 e. The highest BCUT2D eigenvalue weighted by Crippen LogP contribution is 2.31. The Labute approximate surface area is 104 Å². The number of nitrogens with zero attached hydrogens (tertiary/aromatic N) is 2. The monoisotopic (exact) mass is 294 g/mol. The first-order valence-electron chi connectivity index (χ1n) is 4.60. The number of fused-ring (bicyclic) bond motifs is 1. The Morgan fingerprint density at radius 3 is 2.94 bits per heavy atom. The minimum Gasteiger partial charge on any atom is -0.382 e. The minimum absolute atomic E-state index is 0.482. The number of hydrogen-bond donors (Lipinski definition) is 2. The fraction of sp³-hybridized carbons (Fsp3) is 0. The van der Waals surface area contributed by atoms with Gasteiger partial charge in [0.15, 0.2) is 0 Å². The van der Waals surface area contributed by atoms with Gasteiger partial charge in [0.05, 0.1) is 15.9 Å². The second kappa shape index (κ2) is 3.57. The van der Waals surface area contributed by atoms with E-state index in [1.54, 1.807) is 17.4 Å². The summed E-state index contributed by atoms with van der Waals surface area (Å²) in [7, 11) is 0. The molecule has 2 aromatic heterocycles. The maximum Gasteiger partial charge on any atom is 0.145 e. The highest BCUT2D eigenvalue weighted by atomic mass is 79.9. The molecule has 0 bridgehead atoms. The molecule has 4 nitrogen and oxygen atoms in total. The molecule has 0 atom stereocenters. The maximum atomic E-state index is 5.56. The molecule has 0 saturated carbocycles. The molecule has 3 rings (SSSR count). The van der Waals surface area contributed by atoms with Crippen molar-refractivity contribution in [3.63, 3.8) is 0 Å². The summed E-state index contributed by atoms with van der Waals surface area (Å²) in [5.41, 5.74) is 7.40. The number of H-pyrrole nitrogens is 1. The van der Waals surface area contributed by atoms with Gasteiger partial charge in [-0.1, -0.05) is 15.9 Å². The topological polar surface area (TPSA) is 67.6 Å². The normalized spacial score (nSPS) is 11.1. The number of anilines is 1. The van der Waals surface area contributed by atoms with E-state index in [0.717, 1.165) is 25.4 Å². The van der Waals surface area contributed by atoms with Gasteiger partial charge >= 0.3 is 0 Å². The molecule has 0 unspecified atom stereocenters. The third kappa shape index (κ3) is 1.60. The van der Waals surface area contributed by atoms with Crippen LogP contribution in [0.15, 0.2) is 28.7 Å². The summed E-state index contributed by atoms with van der Waals surface area (Å²) in [6.07, 6.45) is 0. The van der Waals surface area contributed by atoms with Gasteiger partial charge < -0.3 is 5.73 Å². The average Bonchev–Trinajstić information content (AvgIpc) is 2.83. The van der Waals surface area contributed by atoms with E-state index in [1.807, 2.05) is 12.1 Å². The van der Waals surface area contributed by atoms with E-state index >= 15 is 0 Å². The fourth-order valence-corrected chi connectivity index (χ4v) is 2.94. The number of aromatic amines is 1. The van der Waals surface area contributed by atoms with Crippen molar-refractivity contribution in [3.8, 4) is 10.7 Å². The van der Waals surface area contributed by atoms with Crippen molar-refractivity contribution < 1.29 is 0 Å².